The molecule has 2 amide bonds. The van der Waals surface area contributed by atoms with Crippen LogP contribution in [0.4, 0.5) is 11.4 Å². The molecule has 0 fully saturated rings. The molecule has 0 bridgehead atoms. The zero-order valence-electron chi connectivity index (χ0n) is 15.6. The molecule has 3 aromatic rings. The Morgan fingerprint density at radius 3 is 2.11 bits per heavy atom. The third kappa shape index (κ3) is 4.54. The van der Waals surface area contributed by atoms with Crippen molar-refractivity contribution in [1.82, 2.24) is 0 Å². The molecule has 0 unspecified atom stereocenters. The largest absolute Gasteiger partial charge is 0.449 e. The van der Waals surface area contributed by atoms with Crippen LogP contribution in [0, 0.1) is 0 Å². The van der Waals surface area contributed by atoms with Gasteiger partial charge in [-0.05, 0) is 48.0 Å². The van der Waals surface area contributed by atoms with Gasteiger partial charge < -0.3 is 15.4 Å². The number of carbonyl (C=O) groups is 3. The van der Waals surface area contributed by atoms with E-state index in [2.05, 4.69) is 10.6 Å². The van der Waals surface area contributed by atoms with E-state index in [0.717, 1.165) is 10.8 Å². The lowest BCUT2D eigenvalue weighted by atomic mass is 10.0. The second-order valence-corrected chi connectivity index (χ2v) is 6.32. The summed E-state index contributed by atoms with van der Waals surface area (Å²) in [6.07, 6.45) is -0.971. The van der Waals surface area contributed by atoms with Crippen molar-refractivity contribution in [3.8, 4) is 0 Å². The summed E-state index contributed by atoms with van der Waals surface area (Å²) in [6.45, 7) is 2.94. The van der Waals surface area contributed by atoms with E-state index < -0.39 is 18.0 Å². The van der Waals surface area contributed by atoms with Crippen LogP contribution in [0.5, 0.6) is 0 Å². The van der Waals surface area contributed by atoms with Crippen LogP contribution in [0.15, 0.2) is 66.7 Å². The molecule has 0 saturated heterocycles. The molecule has 0 aliphatic carbocycles. The van der Waals surface area contributed by atoms with Crippen LogP contribution in [0.2, 0.25) is 0 Å². The molecule has 1 atom stereocenters. The lowest BCUT2D eigenvalue weighted by molar-refractivity contribution is -0.123. The maximum atomic E-state index is 12.5. The highest BCUT2D eigenvalue weighted by molar-refractivity contribution is 6.05. The first kappa shape index (κ1) is 19.1. The molecule has 6 heteroatoms. The van der Waals surface area contributed by atoms with Crippen molar-refractivity contribution in [3.05, 3.63) is 72.3 Å². The predicted molar refractivity (Wildman–Crippen MR) is 108 cm³/mol. The number of hydrogen-bond donors (Lipinski definition) is 2. The first-order chi connectivity index (χ1) is 13.4. The van der Waals surface area contributed by atoms with Crippen molar-refractivity contribution in [3.63, 3.8) is 0 Å². The van der Waals surface area contributed by atoms with Gasteiger partial charge in [-0.3, -0.25) is 9.59 Å². The van der Waals surface area contributed by atoms with Crippen LogP contribution in [0.1, 0.15) is 24.2 Å². The second kappa shape index (κ2) is 8.35. The van der Waals surface area contributed by atoms with Crippen LogP contribution in [-0.2, 0) is 14.3 Å². The first-order valence-electron chi connectivity index (χ1n) is 8.81. The minimum Gasteiger partial charge on any atom is -0.449 e. The molecule has 3 aromatic carbocycles. The number of fused-ring (bicyclic) bond motifs is 1. The Hall–Kier alpha value is -3.67. The van der Waals surface area contributed by atoms with Gasteiger partial charge in [-0.15, -0.1) is 0 Å². The molecule has 0 radical (unpaired) electrons. The quantitative estimate of drug-likeness (QED) is 0.660. The SMILES string of the molecule is CC(=O)Nc1ccc(NC(=O)[C@H](C)OC(=O)c2cccc3ccccc23)cc1. The number of nitrogens with one attached hydrogen (secondary N) is 2. The van der Waals surface area contributed by atoms with E-state index in [-0.39, 0.29) is 5.91 Å². The number of hydrogen-bond acceptors (Lipinski definition) is 4. The predicted octanol–water partition coefficient (Wildman–Crippen LogP) is 3.98. The van der Waals surface area contributed by atoms with E-state index in [0.29, 0.717) is 16.9 Å². The molecule has 0 saturated carbocycles. The van der Waals surface area contributed by atoms with Crippen molar-refractivity contribution < 1.29 is 19.1 Å². The summed E-state index contributed by atoms with van der Waals surface area (Å²) in [4.78, 5) is 35.9. The molecule has 28 heavy (non-hydrogen) atoms. The molecule has 3 rings (SSSR count). The lowest BCUT2D eigenvalue weighted by Crippen LogP contribution is -2.30. The van der Waals surface area contributed by atoms with Crippen molar-refractivity contribution in [1.29, 1.82) is 0 Å². The average Bonchev–Trinajstić information content (AvgIpc) is 2.68. The summed E-state index contributed by atoms with van der Waals surface area (Å²) in [7, 11) is 0. The van der Waals surface area contributed by atoms with Crippen LogP contribution < -0.4 is 10.6 Å². The Balaban J connectivity index is 1.65. The lowest BCUT2D eigenvalue weighted by Gasteiger charge is -2.14. The summed E-state index contributed by atoms with van der Waals surface area (Å²) < 4.78 is 5.35. The summed E-state index contributed by atoms with van der Waals surface area (Å²) in [5, 5.41) is 7.03. The fraction of sp³-hybridized carbons (Fsp3) is 0.136. The topological polar surface area (TPSA) is 84.5 Å². The highest BCUT2D eigenvalue weighted by Gasteiger charge is 2.20. The Bertz CT molecular complexity index is 1020. The van der Waals surface area contributed by atoms with Gasteiger partial charge in [0.2, 0.25) is 5.91 Å². The van der Waals surface area contributed by atoms with Gasteiger partial charge in [-0.25, -0.2) is 4.79 Å². The average molecular weight is 376 g/mol. The maximum absolute atomic E-state index is 12.5. The zero-order chi connectivity index (χ0) is 20.1. The Morgan fingerprint density at radius 2 is 1.43 bits per heavy atom. The van der Waals surface area contributed by atoms with Gasteiger partial charge in [-0.1, -0.05) is 36.4 Å². The number of carbonyl (C=O) groups excluding carboxylic acids is 3. The van der Waals surface area contributed by atoms with E-state index in [1.165, 1.54) is 13.8 Å². The van der Waals surface area contributed by atoms with Gasteiger partial charge in [0.05, 0.1) is 5.56 Å². The van der Waals surface area contributed by atoms with E-state index in [4.69, 9.17) is 4.74 Å². The van der Waals surface area contributed by atoms with Crippen LogP contribution in [0.3, 0.4) is 0 Å². The molecule has 2 N–H and O–H groups in total. The molecular formula is C22H20N2O4. The van der Waals surface area contributed by atoms with Gasteiger partial charge in [0.1, 0.15) is 0 Å². The van der Waals surface area contributed by atoms with E-state index in [1.807, 2.05) is 30.3 Å². The molecule has 0 spiro atoms. The molecule has 0 aromatic heterocycles. The van der Waals surface area contributed by atoms with Crippen LogP contribution in [-0.4, -0.2) is 23.9 Å². The fourth-order valence-electron chi connectivity index (χ4n) is 2.77. The molecular weight excluding hydrogens is 356 g/mol. The number of amides is 2. The molecule has 6 nitrogen and oxygen atoms in total. The third-order valence-electron chi connectivity index (χ3n) is 4.14. The number of benzene rings is 3. The number of esters is 1. The number of ether oxygens (including phenoxy) is 1. The van der Waals surface area contributed by atoms with Crippen molar-refractivity contribution in [2.24, 2.45) is 0 Å². The maximum Gasteiger partial charge on any atom is 0.339 e. The molecule has 0 aliphatic heterocycles. The van der Waals surface area contributed by atoms with Gasteiger partial charge in [-0.2, -0.15) is 0 Å². The van der Waals surface area contributed by atoms with E-state index >= 15 is 0 Å². The standard InChI is InChI=1S/C22H20N2O4/c1-14(21(26)24-18-12-10-17(11-13-18)23-15(2)25)28-22(27)20-9-5-7-16-6-3-4-8-19(16)20/h3-14H,1-2H3,(H,23,25)(H,24,26)/t14-/m0/s1. The minimum atomic E-state index is -0.971. The van der Waals surface area contributed by atoms with Gasteiger partial charge in [0.15, 0.2) is 6.10 Å². The van der Waals surface area contributed by atoms with E-state index in [1.54, 1.807) is 36.4 Å². The van der Waals surface area contributed by atoms with Gasteiger partial charge in [0, 0.05) is 18.3 Å². The third-order valence-corrected chi connectivity index (χ3v) is 4.14. The molecule has 0 aliphatic rings. The first-order valence-corrected chi connectivity index (χ1v) is 8.81. The van der Waals surface area contributed by atoms with Crippen molar-refractivity contribution >= 4 is 39.9 Å². The summed E-state index contributed by atoms with van der Waals surface area (Å²) in [6, 6.07) is 19.5. The van der Waals surface area contributed by atoms with Crippen LogP contribution in [0.25, 0.3) is 10.8 Å². The number of anilines is 2. The summed E-state index contributed by atoms with van der Waals surface area (Å²) in [5.41, 5.74) is 1.57. The second-order valence-electron chi connectivity index (χ2n) is 6.32. The van der Waals surface area contributed by atoms with E-state index in [9.17, 15) is 14.4 Å². The monoisotopic (exact) mass is 376 g/mol. The summed E-state index contributed by atoms with van der Waals surface area (Å²) in [5.74, 6) is -1.17. The Kier molecular flexibility index (Phi) is 5.69. The van der Waals surface area contributed by atoms with Gasteiger partial charge in [0.25, 0.3) is 5.91 Å². The van der Waals surface area contributed by atoms with Crippen molar-refractivity contribution in [2.45, 2.75) is 20.0 Å². The normalized spacial score (nSPS) is 11.5. The Morgan fingerprint density at radius 1 is 0.821 bits per heavy atom. The fourth-order valence-corrected chi connectivity index (χ4v) is 2.77. The highest BCUT2D eigenvalue weighted by Crippen LogP contribution is 2.20. The highest BCUT2D eigenvalue weighted by atomic mass is 16.5. The smallest absolute Gasteiger partial charge is 0.339 e. The minimum absolute atomic E-state index is 0.175. The zero-order valence-corrected chi connectivity index (χ0v) is 15.6. The Labute approximate surface area is 162 Å². The van der Waals surface area contributed by atoms with Gasteiger partial charge >= 0.3 is 5.97 Å². The number of rotatable bonds is 5. The van der Waals surface area contributed by atoms with Crippen molar-refractivity contribution in [2.75, 3.05) is 10.6 Å². The molecule has 0 heterocycles. The molecule has 142 valence electrons. The summed E-state index contributed by atoms with van der Waals surface area (Å²) >= 11 is 0. The van der Waals surface area contributed by atoms with Crippen LogP contribution >= 0.6 is 0 Å².